The molecule has 2 aliphatic heterocycles. The lowest BCUT2D eigenvalue weighted by Crippen LogP contribution is -2.33. The number of carbonyl (C=O) groups is 2. The fraction of sp³-hybridized carbons (Fsp3) is 0.833. The normalized spacial score (nSPS) is 39.2. The predicted molar refractivity (Wildman–Crippen MR) is 58.2 cm³/mol. The second-order valence-corrected chi connectivity index (χ2v) is 5.42. The van der Waals surface area contributed by atoms with Crippen molar-refractivity contribution in [2.24, 2.45) is 23.7 Å². The Morgan fingerprint density at radius 1 is 1.29 bits per heavy atom. The summed E-state index contributed by atoms with van der Waals surface area (Å²) in [5.41, 5.74) is 0. The quantitative estimate of drug-likeness (QED) is 0.764. The summed E-state index contributed by atoms with van der Waals surface area (Å²) in [6.07, 6.45) is 1.54. The Labute approximate surface area is 99.7 Å². The number of carbonyl (C=O) groups excluding carboxylic acids is 1. The van der Waals surface area contributed by atoms with Gasteiger partial charge in [-0.15, -0.1) is 0 Å². The van der Waals surface area contributed by atoms with Gasteiger partial charge in [-0.25, -0.2) is 0 Å². The van der Waals surface area contributed by atoms with Crippen LogP contribution in [0.2, 0.25) is 0 Å². The predicted octanol–water partition coefficient (Wildman–Crippen LogP) is 0.202. The van der Waals surface area contributed by atoms with Crippen molar-refractivity contribution in [2.75, 3.05) is 26.3 Å². The van der Waals surface area contributed by atoms with Crippen molar-refractivity contribution in [1.82, 2.24) is 4.90 Å². The first-order valence-electron chi connectivity index (χ1n) is 6.25. The second-order valence-electron chi connectivity index (χ2n) is 5.42. The number of piperidine rings is 1. The van der Waals surface area contributed by atoms with E-state index in [9.17, 15) is 9.59 Å². The van der Waals surface area contributed by atoms with Crippen LogP contribution in [0.3, 0.4) is 0 Å². The number of fused-ring (bicyclic) bond motifs is 1. The zero-order valence-corrected chi connectivity index (χ0v) is 9.67. The molecule has 5 nitrogen and oxygen atoms in total. The number of carboxylic acid groups (broad SMARTS) is 1. The molecule has 4 atom stereocenters. The number of aliphatic carboxylic acids is 1. The molecule has 2 heterocycles. The summed E-state index contributed by atoms with van der Waals surface area (Å²) in [5.74, 6) is 0.101. The summed E-state index contributed by atoms with van der Waals surface area (Å²) in [6.45, 7) is 2.76. The van der Waals surface area contributed by atoms with Crippen molar-refractivity contribution in [3.8, 4) is 0 Å². The topological polar surface area (TPSA) is 66.8 Å². The molecule has 0 aromatic rings. The van der Waals surface area contributed by atoms with Gasteiger partial charge in [-0.3, -0.25) is 9.59 Å². The van der Waals surface area contributed by atoms with Crippen LogP contribution in [0.5, 0.6) is 0 Å². The summed E-state index contributed by atoms with van der Waals surface area (Å²) in [7, 11) is 0. The van der Waals surface area contributed by atoms with Gasteiger partial charge in [0.2, 0.25) is 5.91 Å². The highest BCUT2D eigenvalue weighted by molar-refractivity contribution is 5.79. The zero-order chi connectivity index (χ0) is 12.0. The van der Waals surface area contributed by atoms with Gasteiger partial charge in [-0.05, 0) is 24.2 Å². The van der Waals surface area contributed by atoms with Crippen molar-refractivity contribution in [3.05, 3.63) is 0 Å². The number of amides is 1. The molecule has 3 aliphatic rings. The molecule has 1 aliphatic carbocycles. The van der Waals surface area contributed by atoms with Crippen LogP contribution in [0.1, 0.15) is 12.8 Å². The number of ether oxygens (including phenoxy) is 1. The van der Waals surface area contributed by atoms with E-state index in [-0.39, 0.29) is 23.7 Å². The Morgan fingerprint density at radius 2 is 2.00 bits per heavy atom. The molecule has 17 heavy (non-hydrogen) atoms. The van der Waals surface area contributed by atoms with Gasteiger partial charge < -0.3 is 14.7 Å². The van der Waals surface area contributed by atoms with E-state index < -0.39 is 5.97 Å². The second kappa shape index (κ2) is 3.98. The first-order valence-corrected chi connectivity index (χ1v) is 6.25. The van der Waals surface area contributed by atoms with E-state index >= 15 is 0 Å². The number of hydrogen-bond donors (Lipinski definition) is 1. The minimum atomic E-state index is -0.698. The summed E-state index contributed by atoms with van der Waals surface area (Å²) < 4.78 is 5.25. The molecule has 94 valence electrons. The summed E-state index contributed by atoms with van der Waals surface area (Å²) in [5, 5.41) is 8.89. The van der Waals surface area contributed by atoms with Crippen LogP contribution >= 0.6 is 0 Å². The average molecular weight is 239 g/mol. The fourth-order valence-electron chi connectivity index (χ4n) is 3.22. The molecule has 0 bridgehead atoms. The maximum Gasteiger partial charge on any atom is 0.307 e. The highest BCUT2D eigenvalue weighted by Crippen LogP contribution is 2.51. The van der Waals surface area contributed by atoms with E-state index in [0.29, 0.717) is 32.0 Å². The molecule has 0 radical (unpaired) electrons. The molecule has 0 aromatic heterocycles. The van der Waals surface area contributed by atoms with Crippen LogP contribution in [0, 0.1) is 23.7 Å². The van der Waals surface area contributed by atoms with Crippen molar-refractivity contribution >= 4 is 11.9 Å². The molecule has 0 spiro atoms. The van der Waals surface area contributed by atoms with Gasteiger partial charge in [0, 0.05) is 32.7 Å². The fourth-order valence-corrected chi connectivity index (χ4v) is 3.22. The number of rotatable bonds is 3. The molecular weight excluding hydrogens is 222 g/mol. The molecule has 1 N–H and O–H groups in total. The Kier molecular flexibility index (Phi) is 2.58. The first kappa shape index (κ1) is 11.0. The van der Waals surface area contributed by atoms with Crippen LogP contribution < -0.4 is 0 Å². The van der Waals surface area contributed by atoms with E-state index in [1.807, 2.05) is 4.90 Å². The Balaban J connectivity index is 1.48. The average Bonchev–Trinajstić information content (AvgIpc) is 2.73. The largest absolute Gasteiger partial charge is 0.481 e. The molecular formula is C12H17NO4. The monoisotopic (exact) mass is 239 g/mol. The highest BCUT2D eigenvalue weighted by Gasteiger charge is 2.60. The lowest BCUT2D eigenvalue weighted by molar-refractivity contribution is -0.141. The number of carboxylic acids is 1. The maximum atomic E-state index is 12.0. The minimum absolute atomic E-state index is 0.178. The summed E-state index contributed by atoms with van der Waals surface area (Å²) in [4.78, 5) is 24.6. The molecule has 1 saturated carbocycles. The summed E-state index contributed by atoms with van der Waals surface area (Å²) in [6, 6.07) is 0. The number of nitrogens with zero attached hydrogens (tertiary/aromatic N) is 1. The number of hydrogen-bond acceptors (Lipinski definition) is 3. The van der Waals surface area contributed by atoms with Crippen LogP contribution in [0.15, 0.2) is 0 Å². The zero-order valence-electron chi connectivity index (χ0n) is 9.67. The lowest BCUT2D eigenvalue weighted by Gasteiger charge is -2.20. The number of likely N-dealkylation sites (tertiary alicyclic amines) is 1. The van der Waals surface area contributed by atoms with E-state index in [0.717, 1.165) is 13.0 Å². The van der Waals surface area contributed by atoms with Crippen LogP contribution in [-0.2, 0) is 14.3 Å². The SMILES string of the molecule is O=C(O)C1[C@H]2CN(C(=O)C[C@H]3CCOC3)C[C@@H]12. The highest BCUT2D eigenvalue weighted by atomic mass is 16.5. The standard InChI is InChI=1S/C12H17NO4/c14-10(3-7-1-2-17-6-7)13-4-8-9(5-13)11(8)12(15)16/h7-9,11H,1-6H2,(H,15,16)/t7-,8-,9+,11?/m1/s1. The molecule has 1 unspecified atom stereocenters. The van der Waals surface area contributed by atoms with Crippen LogP contribution in [0.25, 0.3) is 0 Å². The molecule has 1 amide bonds. The van der Waals surface area contributed by atoms with Gasteiger partial charge in [-0.1, -0.05) is 0 Å². The van der Waals surface area contributed by atoms with E-state index in [1.54, 1.807) is 0 Å². The molecule has 2 saturated heterocycles. The minimum Gasteiger partial charge on any atom is -0.481 e. The Hall–Kier alpha value is -1.10. The van der Waals surface area contributed by atoms with Gasteiger partial charge in [0.1, 0.15) is 0 Å². The van der Waals surface area contributed by atoms with E-state index in [1.165, 1.54) is 0 Å². The molecule has 0 aromatic carbocycles. The van der Waals surface area contributed by atoms with E-state index in [4.69, 9.17) is 9.84 Å². The van der Waals surface area contributed by atoms with E-state index in [2.05, 4.69) is 0 Å². The van der Waals surface area contributed by atoms with Crippen molar-refractivity contribution in [2.45, 2.75) is 12.8 Å². The Bertz CT molecular complexity index is 338. The van der Waals surface area contributed by atoms with Gasteiger partial charge in [0.25, 0.3) is 0 Å². The van der Waals surface area contributed by atoms with Gasteiger partial charge in [0.15, 0.2) is 0 Å². The van der Waals surface area contributed by atoms with Gasteiger partial charge in [0.05, 0.1) is 5.92 Å². The summed E-state index contributed by atoms with van der Waals surface area (Å²) >= 11 is 0. The Morgan fingerprint density at radius 3 is 2.53 bits per heavy atom. The van der Waals surface area contributed by atoms with Crippen LogP contribution in [-0.4, -0.2) is 48.2 Å². The third kappa shape index (κ3) is 1.92. The van der Waals surface area contributed by atoms with Gasteiger partial charge >= 0.3 is 5.97 Å². The smallest absolute Gasteiger partial charge is 0.307 e. The van der Waals surface area contributed by atoms with Crippen molar-refractivity contribution in [3.63, 3.8) is 0 Å². The molecule has 3 fully saturated rings. The molecule has 3 rings (SSSR count). The lowest BCUT2D eigenvalue weighted by atomic mass is 10.0. The third-order valence-corrected chi connectivity index (χ3v) is 4.32. The van der Waals surface area contributed by atoms with Gasteiger partial charge in [-0.2, -0.15) is 0 Å². The first-order chi connectivity index (χ1) is 8.16. The molecule has 5 heteroatoms. The third-order valence-electron chi connectivity index (χ3n) is 4.32. The maximum absolute atomic E-state index is 12.0. The van der Waals surface area contributed by atoms with Crippen LogP contribution in [0.4, 0.5) is 0 Å². The van der Waals surface area contributed by atoms with Crippen molar-refractivity contribution in [1.29, 1.82) is 0 Å². The van der Waals surface area contributed by atoms with Crippen molar-refractivity contribution < 1.29 is 19.4 Å².